The van der Waals surface area contributed by atoms with Crippen LogP contribution in [0.4, 0.5) is 0 Å². The zero-order valence-corrected chi connectivity index (χ0v) is 9.43. The Bertz CT molecular complexity index is 347. The van der Waals surface area contributed by atoms with Crippen molar-refractivity contribution in [1.82, 2.24) is 19.9 Å². The molecule has 0 amide bonds. The lowest BCUT2D eigenvalue weighted by Crippen LogP contribution is -2.51. The first-order valence-electron chi connectivity index (χ1n) is 5.90. The van der Waals surface area contributed by atoms with E-state index in [0.29, 0.717) is 12.1 Å². The summed E-state index contributed by atoms with van der Waals surface area (Å²) in [7, 11) is 0. The van der Waals surface area contributed by atoms with Crippen molar-refractivity contribution in [2.75, 3.05) is 13.1 Å². The summed E-state index contributed by atoms with van der Waals surface area (Å²) in [6.45, 7) is 6.75. The Morgan fingerprint density at radius 3 is 2.67 bits per heavy atom. The van der Waals surface area contributed by atoms with Crippen LogP contribution in [0.15, 0.2) is 6.20 Å². The van der Waals surface area contributed by atoms with Gasteiger partial charge in [-0.1, -0.05) is 5.21 Å². The van der Waals surface area contributed by atoms with Crippen LogP contribution in [0.1, 0.15) is 44.3 Å². The van der Waals surface area contributed by atoms with Crippen LogP contribution < -0.4 is 0 Å². The van der Waals surface area contributed by atoms with Gasteiger partial charge in [-0.25, -0.2) is 4.68 Å². The van der Waals surface area contributed by atoms with E-state index in [2.05, 4.69) is 39.9 Å². The smallest absolute Gasteiger partial charge is 0.0858 e. The molecule has 0 aromatic carbocycles. The highest BCUT2D eigenvalue weighted by atomic mass is 15.5. The molecule has 4 nitrogen and oxygen atoms in total. The molecular weight excluding hydrogens is 188 g/mol. The molecule has 15 heavy (non-hydrogen) atoms. The van der Waals surface area contributed by atoms with Crippen molar-refractivity contribution >= 4 is 0 Å². The van der Waals surface area contributed by atoms with Crippen LogP contribution in [0.25, 0.3) is 0 Å². The first-order chi connectivity index (χ1) is 7.24. The van der Waals surface area contributed by atoms with Gasteiger partial charge in [-0.05, 0) is 26.7 Å². The van der Waals surface area contributed by atoms with Crippen molar-refractivity contribution in [2.45, 2.75) is 44.7 Å². The van der Waals surface area contributed by atoms with Gasteiger partial charge < -0.3 is 0 Å². The van der Waals surface area contributed by atoms with E-state index in [4.69, 9.17) is 0 Å². The van der Waals surface area contributed by atoms with Crippen molar-refractivity contribution < 1.29 is 0 Å². The van der Waals surface area contributed by atoms with E-state index in [1.165, 1.54) is 18.5 Å². The van der Waals surface area contributed by atoms with Gasteiger partial charge in [-0.3, -0.25) is 4.90 Å². The van der Waals surface area contributed by atoms with E-state index in [0.717, 1.165) is 19.0 Å². The summed E-state index contributed by atoms with van der Waals surface area (Å²) in [6, 6.07) is 1.22. The molecule has 0 bridgehead atoms. The average Bonchev–Trinajstić information content (AvgIpc) is 2.84. The number of hydrogen-bond donors (Lipinski definition) is 0. The fourth-order valence-corrected chi connectivity index (χ4v) is 2.11. The fourth-order valence-electron chi connectivity index (χ4n) is 2.11. The van der Waals surface area contributed by atoms with Gasteiger partial charge in [0.15, 0.2) is 0 Å². The molecule has 0 spiro atoms. The first kappa shape index (κ1) is 9.33. The second-order valence-corrected chi connectivity index (χ2v) is 5.10. The van der Waals surface area contributed by atoms with Gasteiger partial charge >= 0.3 is 0 Å². The highest BCUT2D eigenvalue weighted by Crippen LogP contribution is 2.39. The number of nitrogens with zero attached hydrogens (tertiary/aromatic N) is 4. The number of likely N-dealkylation sites (tertiary alicyclic amines) is 1. The van der Waals surface area contributed by atoms with E-state index in [9.17, 15) is 0 Å². The highest BCUT2D eigenvalue weighted by molar-refractivity contribution is 5.09. The van der Waals surface area contributed by atoms with Gasteiger partial charge in [0.1, 0.15) is 0 Å². The maximum Gasteiger partial charge on any atom is 0.0858 e. The van der Waals surface area contributed by atoms with E-state index >= 15 is 0 Å². The molecule has 1 saturated heterocycles. The van der Waals surface area contributed by atoms with Gasteiger partial charge in [0.2, 0.25) is 0 Å². The first-order valence-corrected chi connectivity index (χ1v) is 5.90. The Labute approximate surface area is 90.3 Å². The third-order valence-electron chi connectivity index (χ3n) is 3.52. The van der Waals surface area contributed by atoms with Crippen molar-refractivity contribution in [2.24, 2.45) is 0 Å². The van der Waals surface area contributed by atoms with Gasteiger partial charge in [0.25, 0.3) is 0 Å². The predicted octanol–water partition coefficient (Wildman–Crippen LogP) is 1.42. The second-order valence-electron chi connectivity index (χ2n) is 5.10. The Balaban J connectivity index is 1.63. The topological polar surface area (TPSA) is 34.0 Å². The standard InChI is InChI=1S/C11H18N4/c1-8(2)14-5-10(6-14)15-7-11(12-13-15)9-3-4-9/h7-10H,3-6H2,1-2H3. The second kappa shape index (κ2) is 3.30. The molecule has 4 heteroatoms. The van der Waals surface area contributed by atoms with Crippen LogP contribution in [0.3, 0.4) is 0 Å². The molecule has 82 valence electrons. The van der Waals surface area contributed by atoms with Crippen molar-refractivity contribution in [3.05, 3.63) is 11.9 Å². The molecule has 0 unspecified atom stereocenters. The largest absolute Gasteiger partial charge is 0.297 e. The van der Waals surface area contributed by atoms with E-state index in [-0.39, 0.29) is 0 Å². The lowest BCUT2D eigenvalue weighted by molar-refractivity contribution is 0.0664. The van der Waals surface area contributed by atoms with E-state index in [1.54, 1.807) is 0 Å². The van der Waals surface area contributed by atoms with Gasteiger partial charge in [0.05, 0.1) is 11.7 Å². The normalized spacial score (nSPS) is 23.4. The minimum absolute atomic E-state index is 0.562. The summed E-state index contributed by atoms with van der Waals surface area (Å²) in [6.07, 6.45) is 4.77. The van der Waals surface area contributed by atoms with E-state index < -0.39 is 0 Å². The Hall–Kier alpha value is -0.900. The molecule has 1 aliphatic carbocycles. The molecular formula is C11H18N4. The third-order valence-corrected chi connectivity index (χ3v) is 3.52. The monoisotopic (exact) mass is 206 g/mol. The zero-order valence-electron chi connectivity index (χ0n) is 9.43. The number of hydrogen-bond acceptors (Lipinski definition) is 3. The maximum absolute atomic E-state index is 4.25. The zero-order chi connectivity index (χ0) is 10.4. The summed E-state index contributed by atoms with van der Waals surface area (Å²) in [5.41, 5.74) is 1.21. The molecule has 2 fully saturated rings. The summed E-state index contributed by atoms with van der Waals surface area (Å²) in [4.78, 5) is 2.46. The molecule has 3 rings (SSSR count). The molecule has 2 aliphatic rings. The predicted molar refractivity (Wildman–Crippen MR) is 57.7 cm³/mol. The number of aromatic nitrogens is 3. The Kier molecular flexibility index (Phi) is 2.06. The SMILES string of the molecule is CC(C)N1CC(n2cc(C3CC3)nn2)C1. The average molecular weight is 206 g/mol. The van der Waals surface area contributed by atoms with Crippen molar-refractivity contribution in [3.8, 4) is 0 Å². The molecule has 2 heterocycles. The molecule has 1 saturated carbocycles. The minimum Gasteiger partial charge on any atom is -0.297 e. The summed E-state index contributed by atoms with van der Waals surface area (Å²) in [5.74, 6) is 0.722. The van der Waals surface area contributed by atoms with Crippen LogP contribution in [-0.2, 0) is 0 Å². The molecule has 1 aromatic heterocycles. The number of rotatable bonds is 3. The quantitative estimate of drug-likeness (QED) is 0.750. The molecule has 1 aromatic rings. The van der Waals surface area contributed by atoms with E-state index in [1.807, 2.05) is 0 Å². The lowest BCUT2D eigenvalue weighted by atomic mass is 10.1. The van der Waals surface area contributed by atoms with Crippen molar-refractivity contribution in [1.29, 1.82) is 0 Å². The molecule has 0 atom stereocenters. The Morgan fingerprint density at radius 1 is 1.33 bits per heavy atom. The van der Waals surface area contributed by atoms with Gasteiger partial charge in [0, 0.05) is 31.2 Å². The molecule has 0 N–H and O–H groups in total. The van der Waals surface area contributed by atoms with Gasteiger partial charge in [-0.15, -0.1) is 5.10 Å². The van der Waals surface area contributed by atoms with Crippen LogP contribution >= 0.6 is 0 Å². The minimum atomic E-state index is 0.562. The molecule has 0 radical (unpaired) electrons. The van der Waals surface area contributed by atoms with Crippen LogP contribution in [0.2, 0.25) is 0 Å². The lowest BCUT2D eigenvalue weighted by Gasteiger charge is -2.41. The summed E-state index contributed by atoms with van der Waals surface area (Å²) in [5, 5.41) is 8.48. The maximum atomic E-state index is 4.25. The van der Waals surface area contributed by atoms with Crippen LogP contribution in [0, 0.1) is 0 Å². The summed E-state index contributed by atoms with van der Waals surface area (Å²) < 4.78 is 2.06. The fraction of sp³-hybridized carbons (Fsp3) is 0.818. The van der Waals surface area contributed by atoms with Crippen LogP contribution in [-0.4, -0.2) is 39.0 Å². The summed E-state index contributed by atoms with van der Waals surface area (Å²) >= 11 is 0. The third kappa shape index (κ3) is 1.67. The highest BCUT2D eigenvalue weighted by Gasteiger charge is 2.32. The Morgan fingerprint density at radius 2 is 2.07 bits per heavy atom. The van der Waals surface area contributed by atoms with Crippen molar-refractivity contribution in [3.63, 3.8) is 0 Å². The van der Waals surface area contributed by atoms with Crippen LogP contribution in [0.5, 0.6) is 0 Å². The molecule has 1 aliphatic heterocycles. The van der Waals surface area contributed by atoms with Gasteiger partial charge in [-0.2, -0.15) is 0 Å².